The summed E-state index contributed by atoms with van der Waals surface area (Å²) in [5, 5.41) is 3.12. The number of nitrogens with zero attached hydrogens (tertiary/aromatic N) is 1. The molecule has 3 aromatic rings. The van der Waals surface area contributed by atoms with Crippen LogP contribution in [0.4, 0.5) is 0 Å². The number of carbonyl (C=O) groups is 1. The Bertz CT molecular complexity index is 730. The van der Waals surface area contributed by atoms with Gasteiger partial charge in [0.15, 0.2) is 0 Å². The van der Waals surface area contributed by atoms with Gasteiger partial charge >= 0.3 is 0 Å². The minimum Gasteiger partial charge on any atom is -0.287 e. The number of ketones is 1. The van der Waals surface area contributed by atoms with Crippen molar-refractivity contribution in [3.05, 3.63) is 64.8 Å². The molecule has 1 aromatic carbocycles. The molecule has 3 rings (SSSR count). The fraction of sp³-hybridized carbons (Fsp3) is 0.0667. The number of fused-ring (bicyclic) bond motifs is 1. The van der Waals surface area contributed by atoms with Gasteiger partial charge in [0, 0.05) is 16.5 Å². The molecule has 2 heterocycles. The fourth-order valence-electron chi connectivity index (χ4n) is 2.02. The highest BCUT2D eigenvalue weighted by molar-refractivity contribution is 7.17. The Balaban J connectivity index is 2.18. The van der Waals surface area contributed by atoms with E-state index < -0.39 is 0 Å². The van der Waals surface area contributed by atoms with E-state index in [1.807, 2.05) is 48.7 Å². The molecule has 0 N–H and O–H groups in total. The Hall–Kier alpha value is -2.00. The van der Waals surface area contributed by atoms with Crippen molar-refractivity contribution in [3.8, 4) is 0 Å². The van der Waals surface area contributed by atoms with Crippen LogP contribution in [0.15, 0.2) is 48.0 Å². The summed E-state index contributed by atoms with van der Waals surface area (Å²) < 4.78 is 1.03. The quantitative estimate of drug-likeness (QED) is 0.649. The van der Waals surface area contributed by atoms with E-state index in [0.29, 0.717) is 5.69 Å². The lowest BCUT2D eigenvalue weighted by Crippen LogP contribution is -2.06. The molecule has 0 atom stereocenters. The molecule has 0 fully saturated rings. The third-order valence-electron chi connectivity index (χ3n) is 2.95. The van der Waals surface area contributed by atoms with Crippen LogP contribution in [0.25, 0.3) is 10.1 Å². The zero-order chi connectivity index (χ0) is 12.5. The van der Waals surface area contributed by atoms with Gasteiger partial charge in [0.2, 0.25) is 5.78 Å². The molecule has 0 spiro atoms. The molecular weight excluding hydrogens is 242 g/mol. The smallest absolute Gasteiger partial charge is 0.213 e. The molecule has 0 saturated heterocycles. The zero-order valence-corrected chi connectivity index (χ0v) is 10.7. The van der Waals surface area contributed by atoms with Crippen LogP contribution in [0.5, 0.6) is 0 Å². The Morgan fingerprint density at radius 3 is 2.89 bits per heavy atom. The maximum absolute atomic E-state index is 12.5. The molecular formula is C15H11NOS. The number of thiophene rings is 1. The molecule has 0 aliphatic rings. The predicted molar refractivity (Wildman–Crippen MR) is 74.2 cm³/mol. The van der Waals surface area contributed by atoms with Crippen molar-refractivity contribution in [2.24, 2.45) is 0 Å². The van der Waals surface area contributed by atoms with E-state index in [0.717, 1.165) is 21.2 Å². The highest BCUT2D eigenvalue weighted by Crippen LogP contribution is 2.26. The largest absolute Gasteiger partial charge is 0.287 e. The number of pyridine rings is 1. The van der Waals surface area contributed by atoms with Gasteiger partial charge in [-0.05, 0) is 41.5 Å². The SMILES string of the molecule is Cc1cccnc1C(=O)c1cccc2ccsc12. The van der Waals surface area contributed by atoms with Gasteiger partial charge in [0.25, 0.3) is 0 Å². The summed E-state index contributed by atoms with van der Waals surface area (Å²) in [7, 11) is 0. The number of aromatic nitrogens is 1. The topological polar surface area (TPSA) is 30.0 Å². The maximum atomic E-state index is 12.5. The molecule has 88 valence electrons. The van der Waals surface area contributed by atoms with E-state index in [-0.39, 0.29) is 5.78 Å². The van der Waals surface area contributed by atoms with Gasteiger partial charge in [-0.25, -0.2) is 0 Å². The summed E-state index contributed by atoms with van der Waals surface area (Å²) in [4.78, 5) is 16.7. The van der Waals surface area contributed by atoms with Gasteiger partial charge in [-0.2, -0.15) is 0 Å². The van der Waals surface area contributed by atoms with Gasteiger partial charge in [0.05, 0.1) is 0 Å². The van der Waals surface area contributed by atoms with Crippen molar-refractivity contribution in [2.45, 2.75) is 6.92 Å². The number of hydrogen-bond donors (Lipinski definition) is 0. The molecule has 0 unspecified atom stereocenters. The highest BCUT2D eigenvalue weighted by Gasteiger charge is 2.15. The van der Waals surface area contributed by atoms with Crippen molar-refractivity contribution in [2.75, 3.05) is 0 Å². The summed E-state index contributed by atoms with van der Waals surface area (Å²) in [5.74, 6) is 0.00106. The van der Waals surface area contributed by atoms with E-state index in [2.05, 4.69) is 4.98 Å². The second-order valence-electron chi connectivity index (χ2n) is 4.14. The minimum atomic E-state index is 0.00106. The average Bonchev–Trinajstić information content (AvgIpc) is 2.86. The second-order valence-corrected chi connectivity index (χ2v) is 5.06. The zero-order valence-electron chi connectivity index (χ0n) is 9.88. The van der Waals surface area contributed by atoms with Crippen LogP contribution in [-0.2, 0) is 0 Å². The Morgan fingerprint density at radius 1 is 1.17 bits per heavy atom. The average molecular weight is 253 g/mol. The van der Waals surface area contributed by atoms with Crippen LogP contribution < -0.4 is 0 Å². The van der Waals surface area contributed by atoms with Crippen molar-refractivity contribution in [1.29, 1.82) is 0 Å². The Kier molecular flexibility index (Phi) is 2.68. The second kappa shape index (κ2) is 4.35. The molecule has 2 nitrogen and oxygen atoms in total. The monoisotopic (exact) mass is 253 g/mol. The molecule has 0 bridgehead atoms. The first-order valence-corrected chi connectivity index (χ1v) is 6.58. The lowest BCUT2D eigenvalue weighted by atomic mass is 10.0. The number of carbonyl (C=O) groups excluding carboxylic acids is 1. The molecule has 0 aliphatic carbocycles. The summed E-state index contributed by atoms with van der Waals surface area (Å²) in [5.41, 5.74) is 2.19. The minimum absolute atomic E-state index is 0.00106. The van der Waals surface area contributed by atoms with Crippen LogP contribution in [0.3, 0.4) is 0 Å². The van der Waals surface area contributed by atoms with Gasteiger partial charge < -0.3 is 0 Å². The van der Waals surface area contributed by atoms with Crippen LogP contribution in [0, 0.1) is 6.92 Å². The first-order valence-electron chi connectivity index (χ1n) is 5.70. The fourth-order valence-corrected chi connectivity index (χ4v) is 2.93. The van der Waals surface area contributed by atoms with Gasteiger partial charge in [-0.15, -0.1) is 11.3 Å². The molecule has 2 aromatic heterocycles. The van der Waals surface area contributed by atoms with Crippen LogP contribution in [0.2, 0.25) is 0 Å². The highest BCUT2D eigenvalue weighted by atomic mass is 32.1. The maximum Gasteiger partial charge on any atom is 0.213 e. The van der Waals surface area contributed by atoms with Gasteiger partial charge in [0.1, 0.15) is 5.69 Å². The van der Waals surface area contributed by atoms with Crippen molar-refractivity contribution >= 4 is 27.2 Å². The number of hydrogen-bond acceptors (Lipinski definition) is 3. The van der Waals surface area contributed by atoms with Crippen molar-refractivity contribution < 1.29 is 4.79 Å². The summed E-state index contributed by atoms with van der Waals surface area (Å²) in [6.07, 6.45) is 1.66. The summed E-state index contributed by atoms with van der Waals surface area (Å²) >= 11 is 1.59. The molecule has 0 saturated carbocycles. The van der Waals surface area contributed by atoms with Crippen LogP contribution in [0.1, 0.15) is 21.6 Å². The lowest BCUT2D eigenvalue weighted by molar-refractivity contribution is 0.103. The first kappa shape index (κ1) is 11.1. The third kappa shape index (κ3) is 1.73. The van der Waals surface area contributed by atoms with E-state index >= 15 is 0 Å². The van der Waals surface area contributed by atoms with Crippen molar-refractivity contribution in [3.63, 3.8) is 0 Å². The number of rotatable bonds is 2. The van der Waals surface area contributed by atoms with Crippen LogP contribution >= 0.6 is 11.3 Å². The molecule has 0 amide bonds. The summed E-state index contributed by atoms with van der Waals surface area (Å²) in [6.45, 7) is 1.91. The van der Waals surface area contributed by atoms with Gasteiger partial charge in [-0.3, -0.25) is 9.78 Å². The number of benzene rings is 1. The van der Waals surface area contributed by atoms with E-state index in [1.165, 1.54) is 0 Å². The first-order chi connectivity index (χ1) is 8.77. The predicted octanol–water partition coefficient (Wildman–Crippen LogP) is 3.84. The third-order valence-corrected chi connectivity index (χ3v) is 3.91. The molecule has 3 heteroatoms. The molecule has 0 radical (unpaired) electrons. The van der Waals surface area contributed by atoms with E-state index in [1.54, 1.807) is 17.5 Å². The molecule has 18 heavy (non-hydrogen) atoms. The van der Waals surface area contributed by atoms with Crippen molar-refractivity contribution in [1.82, 2.24) is 4.98 Å². The number of aryl methyl sites for hydroxylation is 1. The van der Waals surface area contributed by atoms with Gasteiger partial charge in [-0.1, -0.05) is 18.2 Å². The lowest BCUT2D eigenvalue weighted by Gasteiger charge is -2.04. The van der Waals surface area contributed by atoms with E-state index in [9.17, 15) is 4.79 Å². The molecule has 0 aliphatic heterocycles. The van der Waals surface area contributed by atoms with Crippen LogP contribution in [-0.4, -0.2) is 10.8 Å². The normalized spacial score (nSPS) is 10.7. The Labute approximate surface area is 109 Å². The van der Waals surface area contributed by atoms with E-state index in [4.69, 9.17) is 0 Å². The Morgan fingerprint density at radius 2 is 2.06 bits per heavy atom. The standard InChI is InChI=1S/C15H11NOS/c1-10-4-3-8-16-13(10)14(17)12-6-2-5-11-7-9-18-15(11)12/h2-9H,1H3. The summed E-state index contributed by atoms with van der Waals surface area (Å²) in [6, 6.07) is 11.6.